The van der Waals surface area contributed by atoms with Crippen LogP contribution in [0.2, 0.25) is 0 Å². The molecular weight excluding hydrogens is 340 g/mol. The van der Waals surface area contributed by atoms with Crippen LogP contribution in [0.3, 0.4) is 0 Å². The Bertz CT molecular complexity index is 738. The summed E-state index contributed by atoms with van der Waals surface area (Å²) >= 11 is 0. The Labute approximate surface area is 162 Å². The van der Waals surface area contributed by atoms with Crippen molar-refractivity contribution in [1.29, 1.82) is 0 Å². The molecule has 0 aromatic heterocycles. The lowest BCUT2D eigenvalue weighted by atomic mass is 9.87. The third-order valence-corrected chi connectivity index (χ3v) is 4.23. The molecule has 2 rings (SSSR count). The predicted octanol–water partition coefficient (Wildman–Crippen LogP) is 3.91. The topological polar surface area (TPSA) is 59.6 Å². The fourth-order valence-corrected chi connectivity index (χ4v) is 2.67. The monoisotopic (exact) mass is 370 g/mol. The molecule has 0 saturated heterocycles. The van der Waals surface area contributed by atoms with Crippen molar-refractivity contribution in [3.05, 3.63) is 59.7 Å². The zero-order valence-corrected chi connectivity index (χ0v) is 16.7. The van der Waals surface area contributed by atoms with Crippen molar-refractivity contribution in [2.24, 2.45) is 0 Å². The number of carbonyl (C=O) groups excluding carboxylic acids is 1. The molecule has 0 aliphatic heterocycles. The maximum absolute atomic E-state index is 11.9. The van der Waals surface area contributed by atoms with Crippen LogP contribution in [0.15, 0.2) is 48.5 Å². The molecular formula is C22H30N2O3. The van der Waals surface area contributed by atoms with Crippen molar-refractivity contribution in [3.63, 3.8) is 0 Å². The molecule has 0 fully saturated rings. The molecule has 0 atom stereocenters. The summed E-state index contributed by atoms with van der Waals surface area (Å²) < 4.78 is 11.0. The Morgan fingerprint density at radius 3 is 2.48 bits per heavy atom. The third kappa shape index (κ3) is 6.85. The lowest BCUT2D eigenvalue weighted by Gasteiger charge is -2.19. The summed E-state index contributed by atoms with van der Waals surface area (Å²) in [6.45, 7) is 7.92. The summed E-state index contributed by atoms with van der Waals surface area (Å²) in [6, 6.07) is 15.7. The van der Waals surface area contributed by atoms with Gasteiger partial charge in [-0.15, -0.1) is 0 Å². The molecule has 2 amide bonds. The van der Waals surface area contributed by atoms with Crippen LogP contribution in [-0.4, -0.2) is 32.8 Å². The number of hydrogen-bond acceptors (Lipinski definition) is 3. The molecule has 0 unspecified atom stereocenters. The van der Waals surface area contributed by atoms with Gasteiger partial charge < -0.3 is 20.1 Å². The van der Waals surface area contributed by atoms with E-state index in [9.17, 15) is 4.79 Å². The van der Waals surface area contributed by atoms with E-state index in [4.69, 9.17) is 9.47 Å². The van der Waals surface area contributed by atoms with Gasteiger partial charge in [0.15, 0.2) is 0 Å². The molecule has 0 saturated carbocycles. The van der Waals surface area contributed by atoms with E-state index in [0.29, 0.717) is 26.1 Å². The van der Waals surface area contributed by atoms with Crippen LogP contribution in [-0.2, 0) is 11.8 Å². The number of benzene rings is 2. The van der Waals surface area contributed by atoms with Crippen molar-refractivity contribution in [2.75, 3.05) is 26.8 Å². The average molecular weight is 370 g/mol. The molecule has 2 N–H and O–H groups in total. The summed E-state index contributed by atoms with van der Waals surface area (Å²) in [4.78, 5) is 11.9. The highest BCUT2D eigenvalue weighted by Gasteiger charge is 2.13. The lowest BCUT2D eigenvalue weighted by Crippen LogP contribution is -2.38. The second kappa shape index (κ2) is 9.86. The first kappa shape index (κ1) is 20.6. The van der Waals surface area contributed by atoms with E-state index >= 15 is 0 Å². The van der Waals surface area contributed by atoms with E-state index in [1.54, 1.807) is 7.11 Å². The number of hydrogen-bond donors (Lipinski definition) is 2. The molecule has 2 aromatic carbocycles. The predicted molar refractivity (Wildman–Crippen MR) is 109 cm³/mol. The molecule has 5 nitrogen and oxygen atoms in total. The van der Waals surface area contributed by atoms with Gasteiger partial charge in [0.2, 0.25) is 0 Å². The van der Waals surface area contributed by atoms with Gasteiger partial charge in [0.25, 0.3) is 0 Å². The zero-order valence-electron chi connectivity index (χ0n) is 16.7. The molecule has 0 radical (unpaired) electrons. The molecule has 27 heavy (non-hydrogen) atoms. The minimum atomic E-state index is -0.197. The van der Waals surface area contributed by atoms with Gasteiger partial charge in [-0.3, -0.25) is 0 Å². The molecule has 0 aliphatic rings. The van der Waals surface area contributed by atoms with Crippen LogP contribution in [0.5, 0.6) is 11.5 Å². The fourth-order valence-electron chi connectivity index (χ4n) is 2.67. The van der Waals surface area contributed by atoms with Gasteiger partial charge in [-0.2, -0.15) is 0 Å². The number of amides is 2. The normalized spacial score (nSPS) is 11.0. The summed E-state index contributed by atoms with van der Waals surface area (Å²) in [5.41, 5.74) is 2.38. The van der Waals surface area contributed by atoms with Gasteiger partial charge in [-0.1, -0.05) is 51.1 Å². The van der Waals surface area contributed by atoms with Crippen LogP contribution in [0.25, 0.3) is 0 Å². The molecule has 5 heteroatoms. The standard InChI is InChI=1S/C22H30N2O3/c1-22(2,3)18-9-7-10-19(16-18)27-15-14-24-21(25)23-13-12-17-8-5-6-11-20(17)26-4/h5-11,16H,12-15H2,1-4H3,(H2,23,24,25). The van der Waals surface area contributed by atoms with Gasteiger partial charge in [-0.25, -0.2) is 4.79 Å². The molecule has 0 heterocycles. The van der Waals surface area contributed by atoms with E-state index in [2.05, 4.69) is 37.5 Å². The van der Waals surface area contributed by atoms with Gasteiger partial charge in [0.05, 0.1) is 13.7 Å². The van der Waals surface area contributed by atoms with Crippen LogP contribution in [0.1, 0.15) is 31.9 Å². The first-order valence-corrected chi connectivity index (χ1v) is 9.27. The minimum Gasteiger partial charge on any atom is -0.496 e. The zero-order chi connectivity index (χ0) is 19.7. The van der Waals surface area contributed by atoms with Crippen molar-refractivity contribution >= 4 is 6.03 Å². The smallest absolute Gasteiger partial charge is 0.314 e. The maximum atomic E-state index is 11.9. The molecule has 2 aromatic rings. The molecule has 0 spiro atoms. The van der Waals surface area contributed by atoms with Crippen LogP contribution in [0, 0.1) is 0 Å². The summed E-state index contributed by atoms with van der Waals surface area (Å²) in [6.07, 6.45) is 0.716. The van der Waals surface area contributed by atoms with E-state index in [-0.39, 0.29) is 11.4 Å². The van der Waals surface area contributed by atoms with Crippen LogP contribution in [0.4, 0.5) is 4.79 Å². The maximum Gasteiger partial charge on any atom is 0.314 e. The second-order valence-corrected chi connectivity index (χ2v) is 7.37. The van der Waals surface area contributed by atoms with Gasteiger partial charge in [-0.05, 0) is 41.2 Å². The SMILES string of the molecule is COc1ccccc1CCNC(=O)NCCOc1cccc(C(C)(C)C)c1. The van der Waals surface area contributed by atoms with Crippen LogP contribution < -0.4 is 20.1 Å². The van der Waals surface area contributed by atoms with E-state index < -0.39 is 0 Å². The molecule has 146 valence electrons. The van der Waals surface area contributed by atoms with Crippen molar-refractivity contribution in [1.82, 2.24) is 10.6 Å². The summed E-state index contributed by atoms with van der Waals surface area (Å²) in [7, 11) is 1.65. The molecule has 0 bridgehead atoms. The van der Waals surface area contributed by atoms with Gasteiger partial charge in [0, 0.05) is 6.54 Å². The summed E-state index contributed by atoms with van der Waals surface area (Å²) in [5.74, 6) is 1.66. The van der Waals surface area contributed by atoms with Crippen molar-refractivity contribution in [3.8, 4) is 11.5 Å². The van der Waals surface area contributed by atoms with Crippen molar-refractivity contribution in [2.45, 2.75) is 32.6 Å². The Hall–Kier alpha value is -2.69. The van der Waals surface area contributed by atoms with E-state index in [0.717, 1.165) is 17.1 Å². The highest BCUT2D eigenvalue weighted by molar-refractivity contribution is 5.73. The van der Waals surface area contributed by atoms with Gasteiger partial charge >= 0.3 is 6.03 Å². The quantitative estimate of drug-likeness (QED) is 0.693. The second-order valence-electron chi connectivity index (χ2n) is 7.37. The minimum absolute atomic E-state index is 0.0823. The number of para-hydroxylation sites is 1. The lowest BCUT2D eigenvalue weighted by molar-refractivity contribution is 0.236. The number of methoxy groups -OCH3 is 1. The van der Waals surface area contributed by atoms with Crippen LogP contribution >= 0.6 is 0 Å². The first-order valence-electron chi connectivity index (χ1n) is 9.27. The van der Waals surface area contributed by atoms with E-state index in [1.165, 1.54) is 5.56 Å². The fraction of sp³-hybridized carbons (Fsp3) is 0.409. The van der Waals surface area contributed by atoms with Gasteiger partial charge in [0.1, 0.15) is 18.1 Å². The number of rotatable bonds is 8. The largest absolute Gasteiger partial charge is 0.496 e. The Morgan fingerprint density at radius 2 is 1.74 bits per heavy atom. The Kier molecular flexibility index (Phi) is 7.53. The average Bonchev–Trinajstić information content (AvgIpc) is 2.65. The first-order chi connectivity index (χ1) is 12.9. The summed E-state index contributed by atoms with van der Waals surface area (Å²) in [5, 5.41) is 5.66. The third-order valence-electron chi connectivity index (χ3n) is 4.23. The number of urea groups is 1. The Balaban J connectivity index is 1.66. The number of ether oxygens (including phenoxy) is 2. The van der Waals surface area contributed by atoms with Crippen molar-refractivity contribution < 1.29 is 14.3 Å². The number of nitrogens with one attached hydrogen (secondary N) is 2. The highest BCUT2D eigenvalue weighted by atomic mass is 16.5. The molecule has 0 aliphatic carbocycles. The van der Waals surface area contributed by atoms with E-state index in [1.807, 2.05) is 42.5 Å². The highest BCUT2D eigenvalue weighted by Crippen LogP contribution is 2.25. The Morgan fingerprint density at radius 1 is 1.00 bits per heavy atom. The number of carbonyl (C=O) groups is 1.